The van der Waals surface area contributed by atoms with Crippen molar-refractivity contribution in [1.29, 1.82) is 5.26 Å². The monoisotopic (exact) mass is 393 g/mol. The number of thiazole rings is 1. The fourth-order valence-electron chi connectivity index (χ4n) is 2.51. The van der Waals surface area contributed by atoms with E-state index in [9.17, 15) is 10.1 Å². The van der Waals surface area contributed by atoms with Gasteiger partial charge in [0.05, 0.1) is 5.69 Å². The Kier molecular flexibility index (Phi) is 5.70. The molecule has 3 aromatic rings. The molecule has 1 N–H and O–H groups in total. The second-order valence-electron chi connectivity index (χ2n) is 6.03. The smallest absolute Gasteiger partial charge is 0.268 e. The van der Waals surface area contributed by atoms with Gasteiger partial charge in [0.25, 0.3) is 5.91 Å². The maximum Gasteiger partial charge on any atom is 0.268 e. The highest BCUT2D eigenvalue weighted by atomic mass is 35.5. The molecule has 1 aromatic heterocycles. The van der Waals surface area contributed by atoms with Gasteiger partial charge in [-0.25, -0.2) is 4.98 Å². The molecule has 3 rings (SSSR count). The number of aromatic nitrogens is 1. The zero-order valence-corrected chi connectivity index (χ0v) is 16.4. The standard InChI is InChI=1S/C21H16ClN3OS/c1-13-3-4-14(2)18(9-13)19-12-27-21(24-19)25-20(26)16(11-23)10-15-5-7-17(22)8-6-15/h3-10,12H,1-2H3,(H,24,25,26)/b16-10+. The Bertz CT molecular complexity index is 1060. The molecule has 6 heteroatoms. The van der Waals surface area contributed by atoms with Gasteiger partial charge in [-0.05, 0) is 49.2 Å². The first-order valence-electron chi connectivity index (χ1n) is 8.18. The van der Waals surface area contributed by atoms with E-state index in [1.807, 2.05) is 31.4 Å². The molecule has 0 aliphatic heterocycles. The van der Waals surface area contributed by atoms with Crippen molar-refractivity contribution in [3.8, 4) is 17.3 Å². The molecule has 0 fully saturated rings. The molecule has 0 saturated heterocycles. The predicted molar refractivity (Wildman–Crippen MR) is 111 cm³/mol. The minimum atomic E-state index is -0.491. The average Bonchev–Trinajstić information content (AvgIpc) is 3.11. The topological polar surface area (TPSA) is 65.8 Å². The third kappa shape index (κ3) is 4.62. The van der Waals surface area contributed by atoms with Gasteiger partial charge in [0.1, 0.15) is 11.6 Å². The molecule has 0 aliphatic carbocycles. The molecule has 2 aromatic carbocycles. The third-order valence-corrected chi connectivity index (χ3v) is 4.95. The number of hydrogen-bond donors (Lipinski definition) is 1. The molecule has 0 aliphatic rings. The Morgan fingerprint density at radius 2 is 1.96 bits per heavy atom. The molecule has 0 bridgehead atoms. The molecular weight excluding hydrogens is 378 g/mol. The first kappa shape index (κ1) is 18.8. The van der Waals surface area contributed by atoms with Crippen molar-refractivity contribution in [3.63, 3.8) is 0 Å². The van der Waals surface area contributed by atoms with E-state index in [-0.39, 0.29) is 5.57 Å². The SMILES string of the molecule is Cc1ccc(C)c(-c2csc(NC(=O)/C(C#N)=C/c3ccc(Cl)cc3)n2)c1. The molecule has 0 unspecified atom stereocenters. The molecule has 0 radical (unpaired) electrons. The van der Waals surface area contributed by atoms with Crippen molar-refractivity contribution >= 4 is 40.1 Å². The Balaban J connectivity index is 1.80. The van der Waals surface area contributed by atoms with Crippen LogP contribution in [0.1, 0.15) is 16.7 Å². The number of rotatable bonds is 4. The van der Waals surface area contributed by atoms with Crippen molar-refractivity contribution in [2.75, 3.05) is 5.32 Å². The summed E-state index contributed by atoms with van der Waals surface area (Å²) < 4.78 is 0. The number of nitrogens with one attached hydrogen (secondary N) is 1. The van der Waals surface area contributed by atoms with Crippen LogP contribution in [0.5, 0.6) is 0 Å². The van der Waals surface area contributed by atoms with Gasteiger partial charge in [0.15, 0.2) is 5.13 Å². The van der Waals surface area contributed by atoms with Crippen LogP contribution in [0, 0.1) is 25.2 Å². The van der Waals surface area contributed by atoms with E-state index >= 15 is 0 Å². The second-order valence-corrected chi connectivity index (χ2v) is 7.33. The highest BCUT2D eigenvalue weighted by Crippen LogP contribution is 2.28. The van der Waals surface area contributed by atoms with Gasteiger partial charge < -0.3 is 0 Å². The second kappa shape index (κ2) is 8.17. The fourth-order valence-corrected chi connectivity index (χ4v) is 3.34. The van der Waals surface area contributed by atoms with Crippen LogP contribution in [-0.2, 0) is 4.79 Å². The van der Waals surface area contributed by atoms with Gasteiger partial charge in [-0.15, -0.1) is 11.3 Å². The van der Waals surface area contributed by atoms with Crippen molar-refractivity contribution in [3.05, 3.63) is 75.1 Å². The summed E-state index contributed by atoms with van der Waals surface area (Å²) in [6.07, 6.45) is 1.52. The first-order valence-corrected chi connectivity index (χ1v) is 9.44. The van der Waals surface area contributed by atoms with Crippen LogP contribution >= 0.6 is 22.9 Å². The molecule has 0 atom stereocenters. The van der Waals surface area contributed by atoms with Crippen molar-refractivity contribution in [2.45, 2.75) is 13.8 Å². The Morgan fingerprint density at radius 3 is 2.67 bits per heavy atom. The van der Waals surface area contributed by atoms with Crippen LogP contribution in [0.3, 0.4) is 0 Å². The number of hydrogen-bond acceptors (Lipinski definition) is 4. The number of carbonyl (C=O) groups is 1. The highest BCUT2D eigenvalue weighted by molar-refractivity contribution is 7.14. The van der Waals surface area contributed by atoms with E-state index in [0.29, 0.717) is 10.2 Å². The number of aryl methyl sites for hydroxylation is 2. The van der Waals surface area contributed by atoms with E-state index in [4.69, 9.17) is 11.6 Å². The summed E-state index contributed by atoms with van der Waals surface area (Å²) >= 11 is 7.18. The van der Waals surface area contributed by atoms with Gasteiger partial charge in [-0.1, -0.05) is 41.4 Å². The maximum atomic E-state index is 12.4. The van der Waals surface area contributed by atoms with Crippen molar-refractivity contribution in [2.24, 2.45) is 0 Å². The van der Waals surface area contributed by atoms with E-state index in [2.05, 4.69) is 22.4 Å². The highest BCUT2D eigenvalue weighted by Gasteiger charge is 2.13. The normalized spacial score (nSPS) is 11.1. The van der Waals surface area contributed by atoms with E-state index in [0.717, 1.165) is 27.9 Å². The number of halogens is 1. The lowest BCUT2D eigenvalue weighted by molar-refractivity contribution is -0.112. The van der Waals surface area contributed by atoms with E-state index in [1.165, 1.54) is 17.4 Å². The van der Waals surface area contributed by atoms with Crippen molar-refractivity contribution < 1.29 is 4.79 Å². The van der Waals surface area contributed by atoms with E-state index in [1.54, 1.807) is 24.3 Å². The largest absolute Gasteiger partial charge is 0.297 e. The van der Waals surface area contributed by atoms with Crippen LogP contribution in [0.4, 0.5) is 5.13 Å². The minimum absolute atomic E-state index is 0.000749. The lowest BCUT2D eigenvalue weighted by Gasteiger charge is -2.04. The van der Waals surface area contributed by atoms with Gasteiger partial charge in [-0.3, -0.25) is 10.1 Å². The van der Waals surface area contributed by atoms with Gasteiger partial charge in [0.2, 0.25) is 0 Å². The number of amides is 1. The molecule has 27 heavy (non-hydrogen) atoms. The Morgan fingerprint density at radius 1 is 1.22 bits per heavy atom. The van der Waals surface area contributed by atoms with Crippen LogP contribution in [-0.4, -0.2) is 10.9 Å². The zero-order valence-electron chi connectivity index (χ0n) is 14.8. The summed E-state index contributed by atoms with van der Waals surface area (Å²) in [5.41, 5.74) is 4.82. The van der Waals surface area contributed by atoms with Crippen molar-refractivity contribution in [1.82, 2.24) is 4.98 Å². The molecule has 1 amide bonds. The average molecular weight is 394 g/mol. The summed E-state index contributed by atoms with van der Waals surface area (Å²) in [5, 5.41) is 15.0. The number of benzene rings is 2. The number of carbonyl (C=O) groups excluding carboxylic acids is 1. The van der Waals surface area contributed by atoms with Gasteiger partial charge in [0, 0.05) is 16.0 Å². The maximum absolute atomic E-state index is 12.4. The van der Waals surface area contributed by atoms with Crippen LogP contribution < -0.4 is 5.32 Å². The Hall–Kier alpha value is -2.94. The van der Waals surface area contributed by atoms with E-state index < -0.39 is 5.91 Å². The lowest BCUT2D eigenvalue weighted by Crippen LogP contribution is -2.13. The zero-order chi connectivity index (χ0) is 19.4. The van der Waals surface area contributed by atoms with Crippen LogP contribution in [0.2, 0.25) is 5.02 Å². The first-order chi connectivity index (χ1) is 13.0. The predicted octanol–water partition coefficient (Wildman–Crippen LogP) is 5.63. The summed E-state index contributed by atoms with van der Waals surface area (Å²) in [6, 6.07) is 15.0. The van der Waals surface area contributed by atoms with Gasteiger partial charge >= 0.3 is 0 Å². The third-order valence-electron chi connectivity index (χ3n) is 3.94. The Labute approximate surface area is 166 Å². The molecule has 4 nitrogen and oxygen atoms in total. The molecule has 1 heterocycles. The molecular formula is C21H16ClN3OS. The number of nitriles is 1. The molecule has 134 valence electrons. The summed E-state index contributed by atoms with van der Waals surface area (Å²) in [7, 11) is 0. The van der Waals surface area contributed by atoms with Gasteiger partial charge in [-0.2, -0.15) is 5.26 Å². The minimum Gasteiger partial charge on any atom is -0.297 e. The summed E-state index contributed by atoms with van der Waals surface area (Å²) in [4.78, 5) is 16.9. The number of nitrogens with zero attached hydrogens (tertiary/aromatic N) is 2. The summed E-state index contributed by atoms with van der Waals surface area (Å²) in [5.74, 6) is -0.491. The van der Waals surface area contributed by atoms with Crippen LogP contribution in [0.25, 0.3) is 17.3 Å². The molecule has 0 spiro atoms. The lowest BCUT2D eigenvalue weighted by atomic mass is 10.0. The fraction of sp³-hybridized carbons (Fsp3) is 0.0952. The molecule has 0 saturated carbocycles. The quantitative estimate of drug-likeness (QED) is 0.461. The van der Waals surface area contributed by atoms with Crippen LogP contribution in [0.15, 0.2) is 53.4 Å². The summed E-state index contributed by atoms with van der Waals surface area (Å²) in [6.45, 7) is 4.05. The number of anilines is 1.